The molecule has 0 saturated carbocycles. The number of aryl methyl sites for hydroxylation is 1. The van der Waals surface area contributed by atoms with Crippen molar-refractivity contribution in [1.82, 2.24) is 0 Å². The Balaban J connectivity index is 0.000000360. The Kier molecular flexibility index (Phi) is 6.82. The molecule has 94 valence electrons. The van der Waals surface area contributed by atoms with Crippen molar-refractivity contribution in [3.8, 4) is 0 Å². The number of carboxylic acid groups (broad SMARTS) is 1. The zero-order valence-corrected chi connectivity index (χ0v) is 10.6. The Hall–Kier alpha value is -2.35. The number of hydrogen-bond acceptors (Lipinski definition) is 1. The average Bonchev–Trinajstić information content (AvgIpc) is 2.37. The fourth-order valence-corrected chi connectivity index (χ4v) is 1.25. The molecule has 18 heavy (non-hydrogen) atoms. The molecule has 0 aliphatic carbocycles. The van der Waals surface area contributed by atoms with E-state index in [9.17, 15) is 4.79 Å². The van der Waals surface area contributed by atoms with E-state index < -0.39 is 5.97 Å². The van der Waals surface area contributed by atoms with Gasteiger partial charge in [0.15, 0.2) is 0 Å². The first-order valence-corrected chi connectivity index (χ1v) is 5.37. The monoisotopic (exact) mass is 242 g/mol. The van der Waals surface area contributed by atoms with Crippen LogP contribution in [-0.2, 0) is 4.79 Å². The Labute approximate surface area is 108 Å². The van der Waals surface area contributed by atoms with Crippen LogP contribution in [0.5, 0.6) is 0 Å². The van der Waals surface area contributed by atoms with Crippen molar-refractivity contribution in [2.45, 2.75) is 6.92 Å². The van der Waals surface area contributed by atoms with Gasteiger partial charge in [0.25, 0.3) is 0 Å². The maximum Gasteiger partial charge on any atom is 0.335 e. The molecular formula is C16H18O2. The highest BCUT2D eigenvalue weighted by atomic mass is 16.4. The van der Waals surface area contributed by atoms with E-state index in [2.05, 4.69) is 39.3 Å². The Bertz CT molecular complexity index is 482. The summed E-state index contributed by atoms with van der Waals surface area (Å²) in [6.45, 7) is 15.9. The molecule has 0 radical (unpaired) electrons. The van der Waals surface area contributed by atoms with E-state index in [4.69, 9.17) is 5.11 Å². The summed E-state index contributed by atoms with van der Waals surface area (Å²) in [5, 5.41) is 8.01. The number of aliphatic carboxylic acids is 1. The maximum absolute atomic E-state index is 9.76. The largest absolute Gasteiger partial charge is 0.478 e. The van der Waals surface area contributed by atoms with Crippen LogP contribution < -0.4 is 0 Å². The predicted octanol–water partition coefficient (Wildman–Crippen LogP) is 4.09. The van der Waals surface area contributed by atoms with E-state index >= 15 is 0 Å². The summed E-state index contributed by atoms with van der Waals surface area (Å²) in [6, 6.07) is 6.14. The molecule has 0 aliphatic heterocycles. The van der Waals surface area contributed by atoms with E-state index in [0.717, 1.165) is 5.56 Å². The van der Waals surface area contributed by atoms with Crippen molar-refractivity contribution in [1.29, 1.82) is 0 Å². The van der Waals surface area contributed by atoms with Gasteiger partial charge in [-0.25, -0.2) is 4.79 Å². The first-order valence-electron chi connectivity index (χ1n) is 5.37. The molecule has 0 spiro atoms. The Morgan fingerprint density at radius 2 is 1.83 bits per heavy atom. The summed E-state index contributed by atoms with van der Waals surface area (Å²) in [4.78, 5) is 9.76. The van der Waals surface area contributed by atoms with Gasteiger partial charge in [-0.15, -0.1) is 0 Å². The standard InChI is InChI=1S/C11H12.C5H6O2/c1-4-10-8-6-7-9(3)11(10)5-2;1-3-4(2)5(6)7/h4-8H,1-2H2,3H3;3H,1-2H2,(H,6,7). The number of benzene rings is 1. The smallest absolute Gasteiger partial charge is 0.335 e. The summed E-state index contributed by atoms with van der Waals surface area (Å²) in [7, 11) is 0. The third-order valence-corrected chi connectivity index (χ3v) is 2.30. The summed E-state index contributed by atoms with van der Waals surface area (Å²) >= 11 is 0. The topological polar surface area (TPSA) is 37.3 Å². The third kappa shape index (κ3) is 4.66. The van der Waals surface area contributed by atoms with Crippen LogP contribution in [-0.4, -0.2) is 11.1 Å². The van der Waals surface area contributed by atoms with Crippen molar-refractivity contribution in [3.63, 3.8) is 0 Å². The quantitative estimate of drug-likeness (QED) is 0.637. The number of carboxylic acids is 1. The minimum absolute atomic E-state index is 0.0278. The summed E-state index contributed by atoms with van der Waals surface area (Å²) in [5.41, 5.74) is 3.61. The fourth-order valence-electron chi connectivity index (χ4n) is 1.25. The molecule has 2 heteroatoms. The normalized spacial score (nSPS) is 8.50. The molecular weight excluding hydrogens is 224 g/mol. The molecule has 1 aromatic carbocycles. The fraction of sp³-hybridized carbons (Fsp3) is 0.0625. The summed E-state index contributed by atoms with van der Waals surface area (Å²) in [5.74, 6) is -1.02. The van der Waals surface area contributed by atoms with Crippen LogP contribution in [0.15, 0.2) is 56.2 Å². The number of hydrogen-bond donors (Lipinski definition) is 1. The lowest BCUT2D eigenvalue weighted by molar-refractivity contribution is -0.132. The van der Waals surface area contributed by atoms with Crippen LogP contribution in [0.3, 0.4) is 0 Å². The molecule has 1 rings (SSSR count). The molecule has 0 bridgehead atoms. The second-order valence-electron chi connectivity index (χ2n) is 3.52. The van der Waals surface area contributed by atoms with Crippen LogP contribution in [0.25, 0.3) is 12.2 Å². The van der Waals surface area contributed by atoms with Gasteiger partial charge < -0.3 is 5.11 Å². The second kappa shape index (κ2) is 7.85. The molecule has 0 atom stereocenters. The van der Waals surface area contributed by atoms with Crippen molar-refractivity contribution >= 4 is 18.1 Å². The SMILES string of the molecule is C=CC(=C)C(=O)O.C=Cc1cccc(C)c1C=C. The van der Waals surface area contributed by atoms with E-state index in [1.165, 1.54) is 17.2 Å². The molecule has 0 unspecified atom stereocenters. The van der Waals surface area contributed by atoms with Gasteiger partial charge in [0.1, 0.15) is 0 Å². The second-order valence-corrected chi connectivity index (χ2v) is 3.52. The lowest BCUT2D eigenvalue weighted by Crippen LogP contribution is -1.93. The van der Waals surface area contributed by atoms with Crippen LogP contribution in [0.4, 0.5) is 0 Å². The maximum atomic E-state index is 9.76. The zero-order valence-electron chi connectivity index (χ0n) is 10.6. The van der Waals surface area contributed by atoms with Crippen LogP contribution >= 0.6 is 0 Å². The highest BCUT2D eigenvalue weighted by Gasteiger charge is 1.96. The highest BCUT2D eigenvalue weighted by molar-refractivity contribution is 5.88. The van der Waals surface area contributed by atoms with E-state index in [1.54, 1.807) is 0 Å². The Morgan fingerprint density at radius 1 is 1.22 bits per heavy atom. The highest BCUT2D eigenvalue weighted by Crippen LogP contribution is 2.15. The molecule has 0 heterocycles. The van der Waals surface area contributed by atoms with Gasteiger partial charge in [0.05, 0.1) is 5.57 Å². The van der Waals surface area contributed by atoms with Crippen LogP contribution in [0, 0.1) is 6.92 Å². The predicted molar refractivity (Wildman–Crippen MR) is 78.3 cm³/mol. The van der Waals surface area contributed by atoms with Crippen LogP contribution in [0.1, 0.15) is 16.7 Å². The molecule has 0 aliphatic rings. The number of carbonyl (C=O) groups is 1. The van der Waals surface area contributed by atoms with E-state index in [1.807, 2.05) is 24.3 Å². The molecule has 0 aromatic heterocycles. The molecule has 0 fully saturated rings. The lowest BCUT2D eigenvalue weighted by Gasteiger charge is -2.03. The van der Waals surface area contributed by atoms with Crippen molar-refractivity contribution in [2.75, 3.05) is 0 Å². The van der Waals surface area contributed by atoms with Gasteiger partial charge in [0, 0.05) is 0 Å². The van der Waals surface area contributed by atoms with Gasteiger partial charge in [0.2, 0.25) is 0 Å². The summed E-state index contributed by atoms with van der Waals surface area (Å²) < 4.78 is 0. The van der Waals surface area contributed by atoms with E-state index in [-0.39, 0.29) is 5.57 Å². The molecule has 0 amide bonds. The van der Waals surface area contributed by atoms with Crippen molar-refractivity contribution in [2.24, 2.45) is 0 Å². The minimum Gasteiger partial charge on any atom is -0.478 e. The molecule has 1 aromatic rings. The van der Waals surface area contributed by atoms with E-state index in [0.29, 0.717) is 0 Å². The van der Waals surface area contributed by atoms with Gasteiger partial charge >= 0.3 is 5.97 Å². The molecule has 2 nitrogen and oxygen atoms in total. The van der Waals surface area contributed by atoms with Crippen LogP contribution in [0.2, 0.25) is 0 Å². The minimum atomic E-state index is -1.02. The average molecular weight is 242 g/mol. The first kappa shape index (κ1) is 15.7. The lowest BCUT2D eigenvalue weighted by atomic mass is 10.0. The molecule has 1 N–H and O–H groups in total. The van der Waals surface area contributed by atoms with Gasteiger partial charge in [-0.2, -0.15) is 0 Å². The van der Waals surface area contributed by atoms with Gasteiger partial charge in [-0.3, -0.25) is 0 Å². The molecule has 0 saturated heterocycles. The van der Waals surface area contributed by atoms with Gasteiger partial charge in [-0.05, 0) is 23.6 Å². The zero-order chi connectivity index (χ0) is 14.1. The Morgan fingerprint density at radius 3 is 2.11 bits per heavy atom. The van der Waals surface area contributed by atoms with Gasteiger partial charge in [-0.1, -0.05) is 62.7 Å². The van der Waals surface area contributed by atoms with Crippen molar-refractivity contribution in [3.05, 3.63) is 72.9 Å². The first-order chi connectivity index (χ1) is 8.47. The van der Waals surface area contributed by atoms with Crippen molar-refractivity contribution < 1.29 is 9.90 Å². The number of rotatable bonds is 4. The third-order valence-electron chi connectivity index (χ3n) is 2.30. The summed E-state index contributed by atoms with van der Waals surface area (Å²) in [6.07, 6.45) is 4.92.